The second-order valence-corrected chi connectivity index (χ2v) is 5.64. The van der Waals surface area contributed by atoms with E-state index in [4.69, 9.17) is 0 Å². The maximum atomic E-state index is 11.1. The standard InChI is InChI=1S/C15H22N2O2/c1-3-15(9-4-5-10-15)11-16-14-12(2)7-6-8-13(14)17(18)19/h6-8,16H,3-5,9-11H2,1-2H3. The van der Waals surface area contributed by atoms with Gasteiger partial charge in [-0.15, -0.1) is 0 Å². The zero-order valence-electron chi connectivity index (χ0n) is 11.7. The Bertz CT molecular complexity index is 465. The molecular formula is C15H22N2O2. The summed E-state index contributed by atoms with van der Waals surface area (Å²) in [7, 11) is 0. The summed E-state index contributed by atoms with van der Waals surface area (Å²) in [6.45, 7) is 4.98. The molecule has 0 bridgehead atoms. The molecular weight excluding hydrogens is 240 g/mol. The van der Waals surface area contributed by atoms with Gasteiger partial charge in [0.25, 0.3) is 5.69 Å². The molecule has 1 fully saturated rings. The first-order valence-corrected chi connectivity index (χ1v) is 7.06. The molecule has 0 atom stereocenters. The minimum atomic E-state index is -0.303. The van der Waals surface area contributed by atoms with Gasteiger partial charge in [0.1, 0.15) is 5.69 Å². The Morgan fingerprint density at radius 1 is 1.37 bits per heavy atom. The maximum absolute atomic E-state index is 11.1. The number of nitrogens with one attached hydrogen (secondary N) is 1. The second-order valence-electron chi connectivity index (χ2n) is 5.64. The lowest BCUT2D eigenvalue weighted by molar-refractivity contribution is -0.384. The van der Waals surface area contributed by atoms with Gasteiger partial charge in [-0.2, -0.15) is 0 Å². The van der Waals surface area contributed by atoms with E-state index in [0.717, 1.165) is 18.5 Å². The molecule has 1 saturated carbocycles. The van der Waals surface area contributed by atoms with Gasteiger partial charge in [0, 0.05) is 12.6 Å². The van der Waals surface area contributed by atoms with Gasteiger partial charge in [-0.05, 0) is 37.2 Å². The van der Waals surface area contributed by atoms with Crippen molar-refractivity contribution >= 4 is 11.4 Å². The van der Waals surface area contributed by atoms with Crippen LogP contribution in [-0.2, 0) is 0 Å². The molecule has 19 heavy (non-hydrogen) atoms. The lowest BCUT2D eigenvalue weighted by Crippen LogP contribution is -2.26. The molecule has 0 spiro atoms. The predicted molar refractivity (Wildman–Crippen MR) is 77.5 cm³/mol. The largest absolute Gasteiger partial charge is 0.379 e. The summed E-state index contributed by atoms with van der Waals surface area (Å²) in [6, 6.07) is 5.23. The molecule has 4 nitrogen and oxygen atoms in total. The van der Waals surface area contributed by atoms with Crippen molar-refractivity contribution in [3.05, 3.63) is 33.9 Å². The van der Waals surface area contributed by atoms with E-state index in [-0.39, 0.29) is 10.6 Å². The van der Waals surface area contributed by atoms with Crippen LogP contribution in [0.25, 0.3) is 0 Å². The van der Waals surface area contributed by atoms with Crippen LogP contribution < -0.4 is 5.32 Å². The van der Waals surface area contributed by atoms with Gasteiger partial charge in [-0.25, -0.2) is 0 Å². The molecule has 0 aliphatic heterocycles. The van der Waals surface area contributed by atoms with Gasteiger partial charge in [0.2, 0.25) is 0 Å². The van der Waals surface area contributed by atoms with Crippen molar-refractivity contribution in [1.29, 1.82) is 0 Å². The molecule has 1 aromatic rings. The highest BCUT2D eigenvalue weighted by atomic mass is 16.6. The molecule has 0 unspecified atom stereocenters. The SMILES string of the molecule is CCC1(CNc2c(C)cccc2[N+](=O)[O-])CCCC1. The van der Waals surface area contributed by atoms with Crippen LogP contribution in [0.5, 0.6) is 0 Å². The van der Waals surface area contributed by atoms with Crippen molar-refractivity contribution in [2.45, 2.75) is 46.0 Å². The van der Waals surface area contributed by atoms with E-state index in [9.17, 15) is 10.1 Å². The topological polar surface area (TPSA) is 55.2 Å². The quantitative estimate of drug-likeness (QED) is 0.636. The minimum absolute atomic E-state index is 0.184. The van der Waals surface area contributed by atoms with Crippen LogP contribution in [0.3, 0.4) is 0 Å². The third kappa shape index (κ3) is 2.88. The number of benzene rings is 1. The summed E-state index contributed by atoms with van der Waals surface area (Å²) in [5.41, 5.74) is 2.14. The lowest BCUT2D eigenvalue weighted by Gasteiger charge is -2.28. The second kappa shape index (κ2) is 5.59. The predicted octanol–water partition coefficient (Wildman–Crippen LogP) is 4.29. The Labute approximate surface area is 114 Å². The fourth-order valence-electron chi connectivity index (χ4n) is 3.09. The number of anilines is 1. The van der Waals surface area contributed by atoms with E-state index < -0.39 is 0 Å². The number of hydrogen-bond acceptors (Lipinski definition) is 3. The number of rotatable bonds is 5. The molecule has 0 amide bonds. The van der Waals surface area contributed by atoms with Crippen molar-refractivity contribution < 1.29 is 4.92 Å². The maximum Gasteiger partial charge on any atom is 0.292 e. The first-order chi connectivity index (χ1) is 9.08. The van der Waals surface area contributed by atoms with Crippen LogP contribution in [0, 0.1) is 22.5 Å². The van der Waals surface area contributed by atoms with Crippen molar-refractivity contribution in [2.24, 2.45) is 5.41 Å². The molecule has 1 aliphatic carbocycles. The van der Waals surface area contributed by atoms with E-state index in [0.29, 0.717) is 11.1 Å². The molecule has 2 rings (SSSR count). The number of aryl methyl sites for hydroxylation is 1. The average Bonchev–Trinajstić information content (AvgIpc) is 2.86. The Hall–Kier alpha value is -1.58. The summed E-state index contributed by atoms with van der Waals surface area (Å²) in [5.74, 6) is 0. The third-order valence-corrected chi connectivity index (χ3v) is 4.50. The van der Waals surface area contributed by atoms with Gasteiger partial charge in [0.05, 0.1) is 4.92 Å². The van der Waals surface area contributed by atoms with Crippen LogP contribution in [0.4, 0.5) is 11.4 Å². The summed E-state index contributed by atoms with van der Waals surface area (Å²) >= 11 is 0. The molecule has 0 saturated heterocycles. The Balaban J connectivity index is 2.17. The van der Waals surface area contributed by atoms with Crippen molar-refractivity contribution in [3.63, 3.8) is 0 Å². The Kier molecular flexibility index (Phi) is 4.08. The number of para-hydroxylation sites is 1. The smallest absolute Gasteiger partial charge is 0.292 e. The molecule has 0 heterocycles. The lowest BCUT2D eigenvalue weighted by atomic mass is 9.83. The first kappa shape index (κ1) is 13.8. The number of nitro benzene ring substituents is 1. The van der Waals surface area contributed by atoms with Crippen molar-refractivity contribution in [3.8, 4) is 0 Å². The fraction of sp³-hybridized carbons (Fsp3) is 0.600. The zero-order valence-corrected chi connectivity index (χ0v) is 11.7. The Morgan fingerprint density at radius 3 is 2.63 bits per heavy atom. The monoisotopic (exact) mass is 262 g/mol. The van der Waals surface area contributed by atoms with E-state index in [1.165, 1.54) is 25.7 Å². The van der Waals surface area contributed by atoms with Gasteiger partial charge < -0.3 is 5.32 Å². The van der Waals surface area contributed by atoms with Crippen LogP contribution in [0.2, 0.25) is 0 Å². The average molecular weight is 262 g/mol. The van der Waals surface area contributed by atoms with Crippen molar-refractivity contribution in [2.75, 3.05) is 11.9 Å². The number of nitrogens with zero attached hydrogens (tertiary/aromatic N) is 1. The highest BCUT2D eigenvalue weighted by molar-refractivity contribution is 5.66. The van der Waals surface area contributed by atoms with E-state index in [2.05, 4.69) is 12.2 Å². The van der Waals surface area contributed by atoms with E-state index in [1.807, 2.05) is 13.0 Å². The van der Waals surface area contributed by atoms with Gasteiger partial charge in [0.15, 0.2) is 0 Å². The number of nitro groups is 1. The van der Waals surface area contributed by atoms with Gasteiger partial charge in [-0.3, -0.25) is 10.1 Å². The Morgan fingerprint density at radius 2 is 2.05 bits per heavy atom. The van der Waals surface area contributed by atoms with E-state index >= 15 is 0 Å². The zero-order chi connectivity index (χ0) is 13.9. The van der Waals surface area contributed by atoms with Crippen LogP contribution >= 0.6 is 0 Å². The third-order valence-electron chi connectivity index (χ3n) is 4.50. The van der Waals surface area contributed by atoms with Crippen LogP contribution in [0.1, 0.15) is 44.6 Å². The summed E-state index contributed by atoms with van der Waals surface area (Å²) in [5, 5.41) is 14.4. The summed E-state index contributed by atoms with van der Waals surface area (Å²) in [4.78, 5) is 10.8. The molecule has 1 N–H and O–H groups in total. The molecule has 0 aromatic heterocycles. The molecule has 1 aromatic carbocycles. The van der Waals surface area contributed by atoms with Crippen molar-refractivity contribution in [1.82, 2.24) is 0 Å². The molecule has 4 heteroatoms. The minimum Gasteiger partial charge on any atom is -0.379 e. The molecule has 1 aliphatic rings. The fourth-order valence-corrected chi connectivity index (χ4v) is 3.09. The summed E-state index contributed by atoms with van der Waals surface area (Å²) in [6.07, 6.45) is 6.17. The van der Waals surface area contributed by atoms with Gasteiger partial charge in [-0.1, -0.05) is 31.9 Å². The highest BCUT2D eigenvalue weighted by Gasteiger charge is 2.32. The van der Waals surface area contributed by atoms with Crippen LogP contribution in [-0.4, -0.2) is 11.5 Å². The van der Waals surface area contributed by atoms with E-state index in [1.54, 1.807) is 12.1 Å². The highest BCUT2D eigenvalue weighted by Crippen LogP contribution is 2.41. The normalized spacial score (nSPS) is 17.4. The van der Waals surface area contributed by atoms with Gasteiger partial charge >= 0.3 is 0 Å². The first-order valence-electron chi connectivity index (χ1n) is 7.06. The van der Waals surface area contributed by atoms with Crippen LogP contribution in [0.15, 0.2) is 18.2 Å². The molecule has 104 valence electrons. The summed E-state index contributed by atoms with van der Waals surface area (Å²) < 4.78 is 0. The number of hydrogen-bond donors (Lipinski definition) is 1. The molecule has 0 radical (unpaired) electrons.